The topological polar surface area (TPSA) is 57.4 Å². The van der Waals surface area contributed by atoms with Crippen molar-refractivity contribution in [1.29, 1.82) is 0 Å². The number of ether oxygens (including phenoxy) is 1. The fraction of sp³-hybridized carbons (Fsp3) is 0.500. The van der Waals surface area contributed by atoms with Crippen molar-refractivity contribution in [2.75, 3.05) is 13.7 Å². The Balaban J connectivity index is 2.93. The quantitative estimate of drug-likeness (QED) is 0.736. The van der Waals surface area contributed by atoms with Gasteiger partial charge < -0.3 is 9.57 Å². The number of nitrogens with zero attached hydrogens (tertiary/aromatic N) is 1. The fourth-order valence-electron chi connectivity index (χ4n) is 1.23. The monoisotopic (exact) mass is 196 g/mol. The Bertz CT molecular complexity index is 300. The van der Waals surface area contributed by atoms with Crippen LogP contribution < -0.4 is 10.6 Å². The molecule has 0 aliphatic heterocycles. The number of methoxy groups -OCH3 is 1. The molecule has 4 nitrogen and oxygen atoms in total. The minimum Gasteiger partial charge on any atom is -0.481 e. The van der Waals surface area contributed by atoms with Gasteiger partial charge in [-0.3, -0.25) is 0 Å². The Hall–Kier alpha value is -1.13. The maximum atomic E-state index is 5.08. The van der Waals surface area contributed by atoms with E-state index in [-0.39, 0.29) is 5.41 Å². The largest absolute Gasteiger partial charge is 0.481 e. The summed E-state index contributed by atoms with van der Waals surface area (Å²) >= 11 is 0. The minimum atomic E-state index is -0.134. The van der Waals surface area contributed by atoms with Gasteiger partial charge >= 0.3 is 0 Å². The predicted molar refractivity (Wildman–Crippen MR) is 54.0 cm³/mol. The number of hydrogen-bond donors (Lipinski definition) is 1. The molecule has 1 heterocycles. The Kier molecular flexibility index (Phi) is 3.43. The molecule has 0 aliphatic rings. The molecule has 1 aromatic rings. The molecular formula is C10H16N2O2. The van der Waals surface area contributed by atoms with Gasteiger partial charge in [-0.05, 0) is 11.6 Å². The molecule has 0 bridgehead atoms. The number of aromatic nitrogens is 1. The fourth-order valence-corrected chi connectivity index (χ4v) is 1.23. The number of rotatable bonds is 4. The van der Waals surface area contributed by atoms with Crippen LogP contribution in [0.25, 0.3) is 0 Å². The van der Waals surface area contributed by atoms with E-state index in [1.165, 1.54) is 0 Å². The summed E-state index contributed by atoms with van der Waals surface area (Å²) in [6, 6.07) is 3.82. The van der Waals surface area contributed by atoms with E-state index in [4.69, 9.17) is 10.6 Å². The lowest BCUT2D eigenvalue weighted by Gasteiger charge is -2.23. The van der Waals surface area contributed by atoms with Crippen molar-refractivity contribution in [2.24, 2.45) is 5.90 Å². The van der Waals surface area contributed by atoms with Crippen molar-refractivity contribution in [3.05, 3.63) is 23.9 Å². The molecule has 0 amide bonds. The summed E-state index contributed by atoms with van der Waals surface area (Å²) in [6.07, 6.45) is 1.71. The van der Waals surface area contributed by atoms with Gasteiger partial charge in [0.1, 0.15) is 0 Å². The predicted octanol–water partition coefficient (Wildman–Crippen LogP) is 1.26. The second-order valence-corrected chi connectivity index (χ2v) is 3.78. The molecule has 2 N–H and O–H groups in total. The lowest BCUT2D eigenvalue weighted by molar-refractivity contribution is 0.0963. The lowest BCUT2D eigenvalue weighted by Crippen LogP contribution is -2.26. The molecule has 14 heavy (non-hydrogen) atoms. The third kappa shape index (κ3) is 2.43. The van der Waals surface area contributed by atoms with Crippen LogP contribution in [0.4, 0.5) is 0 Å². The molecule has 0 atom stereocenters. The van der Waals surface area contributed by atoms with E-state index >= 15 is 0 Å². The summed E-state index contributed by atoms with van der Waals surface area (Å²) in [6.45, 7) is 4.56. The second-order valence-electron chi connectivity index (χ2n) is 3.78. The smallest absolute Gasteiger partial charge is 0.213 e. The van der Waals surface area contributed by atoms with E-state index in [0.29, 0.717) is 12.5 Å². The normalized spacial score (nSPS) is 11.4. The van der Waals surface area contributed by atoms with Gasteiger partial charge in [0.2, 0.25) is 5.88 Å². The molecule has 0 radical (unpaired) electrons. The Morgan fingerprint density at radius 1 is 1.50 bits per heavy atom. The molecular weight excluding hydrogens is 180 g/mol. The number of pyridine rings is 1. The van der Waals surface area contributed by atoms with E-state index in [1.54, 1.807) is 13.3 Å². The molecule has 0 unspecified atom stereocenters. The summed E-state index contributed by atoms with van der Waals surface area (Å²) in [5.41, 5.74) is 0.958. The highest BCUT2D eigenvalue weighted by molar-refractivity contribution is 5.27. The maximum Gasteiger partial charge on any atom is 0.213 e. The van der Waals surface area contributed by atoms with Crippen LogP contribution in [0.1, 0.15) is 19.4 Å². The minimum absolute atomic E-state index is 0.134. The van der Waals surface area contributed by atoms with E-state index < -0.39 is 0 Å². The Morgan fingerprint density at radius 2 is 2.21 bits per heavy atom. The summed E-state index contributed by atoms with van der Waals surface area (Å²) in [7, 11) is 1.60. The van der Waals surface area contributed by atoms with Crippen molar-refractivity contribution in [2.45, 2.75) is 19.3 Å². The third-order valence-corrected chi connectivity index (χ3v) is 2.17. The SMILES string of the molecule is COc1cc(C(C)(C)CON)ccn1. The summed E-state index contributed by atoms with van der Waals surface area (Å²) in [5.74, 6) is 5.68. The molecule has 0 spiro atoms. The molecule has 0 fully saturated rings. The Labute approximate surface area is 84.0 Å². The van der Waals surface area contributed by atoms with E-state index in [1.807, 2.05) is 12.1 Å². The first kappa shape index (κ1) is 10.9. The zero-order chi connectivity index (χ0) is 10.6. The van der Waals surface area contributed by atoms with Crippen molar-refractivity contribution >= 4 is 0 Å². The van der Waals surface area contributed by atoms with Crippen LogP contribution >= 0.6 is 0 Å². The van der Waals surface area contributed by atoms with E-state index in [9.17, 15) is 0 Å². The molecule has 4 heteroatoms. The summed E-state index contributed by atoms with van der Waals surface area (Å²) in [5, 5.41) is 0. The van der Waals surface area contributed by atoms with Crippen molar-refractivity contribution in [3.63, 3.8) is 0 Å². The first-order chi connectivity index (χ1) is 6.60. The zero-order valence-electron chi connectivity index (χ0n) is 8.78. The standard InChI is InChI=1S/C10H16N2O2/c1-10(2,7-14-11)8-4-5-12-9(6-8)13-3/h4-6H,7,11H2,1-3H3. The highest BCUT2D eigenvalue weighted by Crippen LogP contribution is 2.24. The summed E-state index contributed by atoms with van der Waals surface area (Å²) < 4.78 is 5.04. The molecule has 1 aromatic heterocycles. The molecule has 0 saturated heterocycles. The maximum absolute atomic E-state index is 5.08. The van der Waals surface area contributed by atoms with Crippen molar-refractivity contribution in [1.82, 2.24) is 4.98 Å². The Morgan fingerprint density at radius 3 is 2.79 bits per heavy atom. The van der Waals surface area contributed by atoms with Gasteiger partial charge in [0.15, 0.2) is 0 Å². The van der Waals surface area contributed by atoms with Crippen molar-refractivity contribution in [3.8, 4) is 5.88 Å². The first-order valence-electron chi connectivity index (χ1n) is 4.42. The van der Waals surface area contributed by atoms with Gasteiger partial charge in [0, 0.05) is 17.7 Å². The van der Waals surface area contributed by atoms with Gasteiger partial charge in [0.05, 0.1) is 13.7 Å². The molecule has 1 rings (SSSR count). The number of nitrogens with two attached hydrogens (primary N) is 1. The van der Waals surface area contributed by atoms with Gasteiger partial charge in [0.25, 0.3) is 0 Å². The van der Waals surface area contributed by atoms with Gasteiger partial charge in [-0.25, -0.2) is 10.9 Å². The summed E-state index contributed by atoms with van der Waals surface area (Å²) in [4.78, 5) is 8.71. The van der Waals surface area contributed by atoms with Gasteiger partial charge in [-0.2, -0.15) is 0 Å². The van der Waals surface area contributed by atoms with Crippen LogP contribution in [0, 0.1) is 0 Å². The molecule has 0 aliphatic carbocycles. The van der Waals surface area contributed by atoms with Crippen LogP contribution in [-0.4, -0.2) is 18.7 Å². The van der Waals surface area contributed by atoms with Gasteiger partial charge in [-0.15, -0.1) is 0 Å². The molecule has 0 saturated carbocycles. The lowest BCUT2D eigenvalue weighted by atomic mass is 9.86. The first-order valence-corrected chi connectivity index (χ1v) is 4.42. The average molecular weight is 196 g/mol. The van der Waals surface area contributed by atoms with E-state index in [2.05, 4.69) is 23.7 Å². The van der Waals surface area contributed by atoms with Crippen molar-refractivity contribution < 1.29 is 9.57 Å². The second kappa shape index (κ2) is 4.39. The van der Waals surface area contributed by atoms with Crippen LogP contribution in [0.15, 0.2) is 18.3 Å². The average Bonchev–Trinajstić information content (AvgIpc) is 2.18. The van der Waals surface area contributed by atoms with Crippen LogP contribution in [0.3, 0.4) is 0 Å². The molecule has 78 valence electrons. The highest BCUT2D eigenvalue weighted by atomic mass is 16.6. The third-order valence-electron chi connectivity index (χ3n) is 2.17. The van der Waals surface area contributed by atoms with E-state index in [0.717, 1.165) is 5.56 Å². The van der Waals surface area contributed by atoms with Gasteiger partial charge in [-0.1, -0.05) is 13.8 Å². The number of hydrogen-bond acceptors (Lipinski definition) is 4. The zero-order valence-corrected chi connectivity index (χ0v) is 8.78. The molecule has 0 aromatic carbocycles. The van der Waals surface area contributed by atoms with Crippen LogP contribution in [-0.2, 0) is 10.3 Å². The van der Waals surface area contributed by atoms with Crippen LogP contribution in [0.5, 0.6) is 5.88 Å². The highest BCUT2D eigenvalue weighted by Gasteiger charge is 2.21. The van der Waals surface area contributed by atoms with Crippen LogP contribution in [0.2, 0.25) is 0 Å².